The molecule has 18 heavy (non-hydrogen) atoms. The zero-order chi connectivity index (χ0) is 13.4. The standard InChI is InChI=1S/C12H18N2O3S/c1-17-11-4-3-9(13)7-10(11)14-12(16)8-18-6-2-5-15/h3-4,7,15H,2,5-6,8,13H2,1H3,(H,14,16). The fourth-order valence-electron chi connectivity index (χ4n) is 1.34. The molecule has 100 valence electrons. The Labute approximate surface area is 111 Å². The van der Waals surface area contributed by atoms with E-state index in [0.29, 0.717) is 29.3 Å². The van der Waals surface area contributed by atoms with Gasteiger partial charge in [0.25, 0.3) is 0 Å². The van der Waals surface area contributed by atoms with E-state index >= 15 is 0 Å². The molecule has 0 atom stereocenters. The number of nitrogen functional groups attached to an aromatic ring is 1. The van der Waals surface area contributed by atoms with Crippen molar-refractivity contribution in [1.82, 2.24) is 0 Å². The largest absolute Gasteiger partial charge is 0.495 e. The predicted molar refractivity (Wildman–Crippen MR) is 75.1 cm³/mol. The van der Waals surface area contributed by atoms with Gasteiger partial charge in [-0.15, -0.1) is 0 Å². The molecule has 0 radical (unpaired) electrons. The summed E-state index contributed by atoms with van der Waals surface area (Å²) in [6.45, 7) is 0.150. The van der Waals surface area contributed by atoms with Crippen LogP contribution in [0.4, 0.5) is 11.4 Å². The average molecular weight is 270 g/mol. The molecule has 1 aromatic rings. The number of anilines is 2. The topological polar surface area (TPSA) is 84.6 Å². The second kappa shape index (κ2) is 7.84. The van der Waals surface area contributed by atoms with E-state index < -0.39 is 0 Å². The summed E-state index contributed by atoms with van der Waals surface area (Å²) in [5.74, 6) is 1.58. The van der Waals surface area contributed by atoms with E-state index in [-0.39, 0.29) is 12.5 Å². The van der Waals surface area contributed by atoms with E-state index in [1.54, 1.807) is 18.2 Å². The van der Waals surface area contributed by atoms with Crippen LogP contribution in [0.25, 0.3) is 0 Å². The number of methoxy groups -OCH3 is 1. The normalized spacial score (nSPS) is 10.1. The number of nitrogens with two attached hydrogens (primary N) is 1. The van der Waals surface area contributed by atoms with Crippen LogP contribution in [0, 0.1) is 0 Å². The molecular formula is C12H18N2O3S. The lowest BCUT2D eigenvalue weighted by Crippen LogP contribution is -2.15. The maximum atomic E-state index is 11.7. The molecule has 0 saturated carbocycles. The van der Waals surface area contributed by atoms with Crippen molar-refractivity contribution in [2.75, 3.05) is 36.3 Å². The highest BCUT2D eigenvalue weighted by Gasteiger charge is 2.07. The van der Waals surface area contributed by atoms with Crippen molar-refractivity contribution in [3.63, 3.8) is 0 Å². The van der Waals surface area contributed by atoms with E-state index in [0.717, 1.165) is 5.75 Å². The van der Waals surface area contributed by atoms with Gasteiger partial charge < -0.3 is 20.9 Å². The second-order valence-corrected chi connectivity index (χ2v) is 4.74. The quantitative estimate of drug-likeness (QED) is 0.514. The van der Waals surface area contributed by atoms with Gasteiger partial charge in [0, 0.05) is 12.3 Å². The van der Waals surface area contributed by atoms with E-state index in [4.69, 9.17) is 15.6 Å². The Morgan fingerprint density at radius 3 is 3.00 bits per heavy atom. The van der Waals surface area contributed by atoms with Gasteiger partial charge in [-0.05, 0) is 30.4 Å². The zero-order valence-electron chi connectivity index (χ0n) is 10.3. The molecule has 0 aliphatic carbocycles. The van der Waals surface area contributed by atoms with Crippen LogP contribution in [-0.4, -0.2) is 36.2 Å². The molecule has 0 bridgehead atoms. The first-order chi connectivity index (χ1) is 8.67. The van der Waals surface area contributed by atoms with E-state index in [1.165, 1.54) is 18.9 Å². The molecule has 0 aliphatic heterocycles. The van der Waals surface area contributed by atoms with Crippen molar-refractivity contribution in [3.8, 4) is 5.75 Å². The molecule has 0 aliphatic rings. The Morgan fingerprint density at radius 1 is 1.56 bits per heavy atom. The summed E-state index contributed by atoms with van der Waals surface area (Å²) in [6.07, 6.45) is 0.694. The predicted octanol–water partition coefficient (Wildman–Crippen LogP) is 1.33. The second-order valence-electron chi connectivity index (χ2n) is 3.64. The molecule has 5 nitrogen and oxygen atoms in total. The van der Waals surface area contributed by atoms with E-state index in [1.807, 2.05) is 0 Å². The Bertz CT molecular complexity index is 399. The Balaban J connectivity index is 2.50. The molecule has 0 saturated heterocycles. The highest BCUT2D eigenvalue weighted by atomic mass is 32.2. The van der Waals surface area contributed by atoms with Gasteiger partial charge in [-0.25, -0.2) is 0 Å². The summed E-state index contributed by atoms with van der Waals surface area (Å²) < 4.78 is 5.13. The third-order valence-electron chi connectivity index (χ3n) is 2.18. The number of amides is 1. The van der Waals surface area contributed by atoms with Crippen LogP contribution < -0.4 is 15.8 Å². The van der Waals surface area contributed by atoms with Crippen molar-refractivity contribution in [2.45, 2.75) is 6.42 Å². The smallest absolute Gasteiger partial charge is 0.234 e. The number of benzene rings is 1. The van der Waals surface area contributed by atoms with Crippen LogP contribution >= 0.6 is 11.8 Å². The summed E-state index contributed by atoms with van der Waals surface area (Å²) in [4.78, 5) is 11.7. The Hall–Kier alpha value is -1.40. The summed E-state index contributed by atoms with van der Waals surface area (Å²) in [5.41, 5.74) is 6.80. The lowest BCUT2D eigenvalue weighted by molar-refractivity contribution is -0.113. The van der Waals surface area contributed by atoms with Crippen molar-refractivity contribution in [2.24, 2.45) is 0 Å². The minimum absolute atomic E-state index is 0.109. The number of carbonyl (C=O) groups excluding carboxylic acids is 1. The molecule has 0 aromatic heterocycles. The number of hydrogen-bond donors (Lipinski definition) is 3. The average Bonchev–Trinajstić information content (AvgIpc) is 2.35. The van der Waals surface area contributed by atoms with Gasteiger partial charge >= 0.3 is 0 Å². The molecule has 1 amide bonds. The van der Waals surface area contributed by atoms with E-state index in [9.17, 15) is 4.79 Å². The molecule has 4 N–H and O–H groups in total. The number of rotatable bonds is 7. The molecular weight excluding hydrogens is 252 g/mol. The van der Waals surface area contributed by atoms with Crippen LogP contribution in [0.15, 0.2) is 18.2 Å². The van der Waals surface area contributed by atoms with Gasteiger partial charge in [0.15, 0.2) is 0 Å². The SMILES string of the molecule is COc1ccc(N)cc1NC(=O)CSCCCO. The van der Waals surface area contributed by atoms with Crippen molar-refractivity contribution in [3.05, 3.63) is 18.2 Å². The molecule has 0 fully saturated rings. The first-order valence-corrected chi connectivity index (χ1v) is 6.75. The minimum atomic E-state index is -0.109. The van der Waals surface area contributed by atoms with E-state index in [2.05, 4.69) is 5.32 Å². The van der Waals surface area contributed by atoms with Crippen LogP contribution in [0.5, 0.6) is 5.75 Å². The highest BCUT2D eigenvalue weighted by Crippen LogP contribution is 2.26. The van der Waals surface area contributed by atoms with Gasteiger partial charge in [-0.3, -0.25) is 4.79 Å². The van der Waals surface area contributed by atoms with Gasteiger partial charge in [-0.2, -0.15) is 11.8 Å². The fraction of sp³-hybridized carbons (Fsp3) is 0.417. The number of aliphatic hydroxyl groups is 1. The number of thioether (sulfide) groups is 1. The number of ether oxygens (including phenoxy) is 1. The van der Waals surface area contributed by atoms with Gasteiger partial charge in [-0.1, -0.05) is 0 Å². The number of aliphatic hydroxyl groups excluding tert-OH is 1. The third-order valence-corrected chi connectivity index (χ3v) is 3.22. The first-order valence-electron chi connectivity index (χ1n) is 5.59. The zero-order valence-corrected chi connectivity index (χ0v) is 11.1. The van der Waals surface area contributed by atoms with Crippen molar-refractivity contribution >= 4 is 29.0 Å². The maximum Gasteiger partial charge on any atom is 0.234 e. The monoisotopic (exact) mass is 270 g/mol. The molecule has 0 unspecified atom stereocenters. The molecule has 1 aromatic carbocycles. The third kappa shape index (κ3) is 4.85. The molecule has 1 rings (SSSR count). The van der Waals surface area contributed by atoms with Crippen molar-refractivity contribution in [1.29, 1.82) is 0 Å². The molecule has 6 heteroatoms. The van der Waals surface area contributed by atoms with Gasteiger partial charge in [0.05, 0.1) is 18.6 Å². The lowest BCUT2D eigenvalue weighted by atomic mass is 10.2. The highest BCUT2D eigenvalue weighted by molar-refractivity contribution is 7.99. The minimum Gasteiger partial charge on any atom is -0.495 e. The van der Waals surface area contributed by atoms with Gasteiger partial charge in [0.2, 0.25) is 5.91 Å². The fourth-order valence-corrected chi connectivity index (χ4v) is 2.08. The number of carbonyl (C=O) groups is 1. The summed E-state index contributed by atoms with van der Waals surface area (Å²) >= 11 is 1.48. The Morgan fingerprint density at radius 2 is 2.33 bits per heavy atom. The molecule has 0 spiro atoms. The Kier molecular flexibility index (Phi) is 6.38. The summed E-state index contributed by atoms with van der Waals surface area (Å²) in [7, 11) is 1.54. The van der Waals surface area contributed by atoms with Crippen molar-refractivity contribution < 1.29 is 14.6 Å². The first kappa shape index (κ1) is 14.7. The van der Waals surface area contributed by atoms with Crippen LogP contribution in [0.1, 0.15) is 6.42 Å². The van der Waals surface area contributed by atoms with Crippen LogP contribution in [0.3, 0.4) is 0 Å². The van der Waals surface area contributed by atoms with Crippen LogP contribution in [-0.2, 0) is 4.79 Å². The summed E-state index contributed by atoms with van der Waals surface area (Å²) in [5, 5.41) is 11.4. The van der Waals surface area contributed by atoms with Crippen LogP contribution in [0.2, 0.25) is 0 Å². The number of nitrogens with one attached hydrogen (secondary N) is 1. The number of hydrogen-bond acceptors (Lipinski definition) is 5. The maximum absolute atomic E-state index is 11.7. The molecule has 0 heterocycles. The lowest BCUT2D eigenvalue weighted by Gasteiger charge is -2.10. The summed E-state index contributed by atoms with van der Waals surface area (Å²) in [6, 6.07) is 5.09. The van der Waals surface area contributed by atoms with Gasteiger partial charge in [0.1, 0.15) is 5.75 Å².